The van der Waals surface area contributed by atoms with Crippen LogP contribution in [0.3, 0.4) is 0 Å². The van der Waals surface area contributed by atoms with Crippen molar-refractivity contribution in [3.05, 3.63) is 80.8 Å². The molecule has 1 saturated heterocycles. The number of amides is 1. The van der Waals surface area contributed by atoms with Gasteiger partial charge in [-0.05, 0) is 47.6 Å². The highest BCUT2D eigenvalue weighted by atomic mass is 32.2. The molecule has 5 rings (SSSR count). The van der Waals surface area contributed by atoms with Crippen molar-refractivity contribution in [2.45, 2.75) is 64.1 Å². The molecule has 2 aromatic carbocycles. The molecule has 0 aliphatic carbocycles. The molecular formula is C33H42N4O4S. The van der Waals surface area contributed by atoms with E-state index in [0.29, 0.717) is 18.0 Å². The molecule has 1 amide bonds. The normalized spacial score (nSPS) is 15.3. The predicted molar refractivity (Wildman–Crippen MR) is 167 cm³/mol. The first-order valence-corrected chi connectivity index (χ1v) is 15.7. The molecular weight excluding hydrogens is 548 g/mol. The number of rotatable bonds is 9. The third kappa shape index (κ3) is 7.18. The molecule has 0 atom stereocenters. The Hall–Kier alpha value is -3.30. The minimum atomic E-state index is -0.000377. The van der Waals surface area contributed by atoms with Crippen LogP contribution in [-0.4, -0.2) is 64.0 Å². The lowest BCUT2D eigenvalue weighted by Gasteiger charge is -2.34. The molecule has 3 heterocycles. The minimum Gasteiger partial charge on any atom is -0.454 e. The zero-order valence-corrected chi connectivity index (χ0v) is 26.3. The van der Waals surface area contributed by atoms with Gasteiger partial charge < -0.3 is 14.4 Å². The zero-order valence-electron chi connectivity index (χ0n) is 25.4. The van der Waals surface area contributed by atoms with Gasteiger partial charge in [-0.15, -0.1) is 0 Å². The highest BCUT2D eigenvalue weighted by molar-refractivity contribution is 7.99. The highest BCUT2D eigenvalue weighted by Gasteiger charge is 2.22. The van der Waals surface area contributed by atoms with Crippen LogP contribution in [0.25, 0.3) is 0 Å². The molecule has 0 radical (unpaired) electrons. The van der Waals surface area contributed by atoms with E-state index in [-0.39, 0.29) is 23.7 Å². The van der Waals surface area contributed by atoms with Crippen LogP contribution in [0, 0.1) is 6.92 Å². The monoisotopic (exact) mass is 590 g/mol. The maximum Gasteiger partial charge on any atom is 0.257 e. The quantitative estimate of drug-likeness (QED) is 0.199. The minimum absolute atomic E-state index is 0.000377. The highest BCUT2D eigenvalue weighted by Crippen LogP contribution is 2.33. The summed E-state index contributed by atoms with van der Waals surface area (Å²) in [5.74, 6) is 2.55. The summed E-state index contributed by atoms with van der Waals surface area (Å²) in [6.45, 7) is 12.8. The lowest BCUT2D eigenvalue weighted by atomic mass is 9.86. The Morgan fingerprint density at radius 2 is 1.67 bits per heavy atom. The van der Waals surface area contributed by atoms with E-state index in [0.717, 1.165) is 73.2 Å². The van der Waals surface area contributed by atoms with Crippen LogP contribution in [-0.2, 0) is 30.2 Å². The van der Waals surface area contributed by atoms with E-state index in [1.165, 1.54) is 11.1 Å². The van der Waals surface area contributed by atoms with Gasteiger partial charge in [0.25, 0.3) is 5.56 Å². The maximum atomic E-state index is 13.2. The predicted octanol–water partition coefficient (Wildman–Crippen LogP) is 4.92. The number of ether oxygens (including phenoxy) is 2. The molecule has 0 N–H and O–H groups in total. The van der Waals surface area contributed by atoms with Crippen molar-refractivity contribution < 1.29 is 14.3 Å². The van der Waals surface area contributed by atoms with Crippen LogP contribution in [0.1, 0.15) is 61.6 Å². The molecule has 2 aliphatic heterocycles. The molecule has 1 aromatic heterocycles. The molecule has 0 spiro atoms. The summed E-state index contributed by atoms with van der Waals surface area (Å²) in [6.07, 6.45) is 1.82. The Labute approximate surface area is 253 Å². The number of piperazine rings is 1. The average molecular weight is 591 g/mol. The third-order valence-electron chi connectivity index (χ3n) is 8.08. The van der Waals surface area contributed by atoms with Crippen molar-refractivity contribution in [1.82, 2.24) is 19.4 Å². The molecule has 3 aromatic rings. The fourth-order valence-electron chi connectivity index (χ4n) is 5.39. The number of hydrogen-bond acceptors (Lipinski definition) is 7. The van der Waals surface area contributed by atoms with Gasteiger partial charge in [-0.3, -0.25) is 19.1 Å². The van der Waals surface area contributed by atoms with E-state index in [2.05, 4.69) is 56.0 Å². The third-order valence-corrected chi connectivity index (χ3v) is 9.20. The number of fused-ring (bicyclic) bond motifs is 1. The first kappa shape index (κ1) is 30.2. The van der Waals surface area contributed by atoms with Gasteiger partial charge in [0.2, 0.25) is 12.7 Å². The van der Waals surface area contributed by atoms with Gasteiger partial charge in [0.15, 0.2) is 16.7 Å². The van der Waals surface area contributed by atoms with Crippen LogP contribution in [0.15, 0.2) is 52.4 Å². The van der Waals surface area contributed by atoms with E-state index < -0.39 is 0 Å². The fraction of sp³-hybridized carbons (Fsp3) is 0.485. The fourth-order valence-corrected chi connectivity index (χ4v) is 6.34. The van der Waals surface area contributed by atoms with Crippen molar-refractivity contribution in [3.8, 4) is 11.5 Å². The number of carbonyl (C=O) groups is 1. The lowest BCUT2D eigenvalue weighted by molar-refractivity contribution is -0.133. The van der Waals surface area contributed by atoms with Gasteiger partial charge in [-0.1, -0.05) is 62.9 Å². The van der Waals surface area contributed by atoms with Gasteiger partial charge in [0.1, 0.15) is 0 Å². The average Bonchev–Trinajstić information content (AvgIpc) is 3.44. The molecule has 0 bridgehead atoms. The Morgan fingerprint density at radius 3 is 2.38 bits per heavy atom. The van der Waals surface area contributed by atoms with Gasteiger partial charge in [0, 0.05) is 69.6 Å². The summed E-state index contributed by atoms with van der Waals surface area (Å²) in [7, 11) is 1.79. The molecule has 2 aliphatic rings. The van der Waals surface area contributed by atoms with Crippen molar-refractivity contribution >= 4 is 17.7 Å². The molecule has 1 fully saturated rings. The largest absolute Gasteiger partial charge is 0.454 e. The van der Waals surface area contributed by atoms with Crippen LogP contribution < -0.4 is 15.0 Å². The van der Waals surface area contributed by atoms with Gasteiger partial charge >= 0.3 is 0 Å². The number of aromatic nitrogens is 2. The van der Waals surface area contributed by atoms with E-state index in [9.17, 15) is 9.59 Å². The Morgan fingerprint density at radius 1 is 0.976 bits per heavy atom. The standard InChI is InChI=1S/C33H42N4O4S/c1-23-27(19-24-8-11-26(12-9-24)33(2,3)4)31(39)35(5)32(34-23)42-18-6-7-30(38)37-16-14-36(15-17-37)21-25-10-13-28-29(20-25)41-22-40-28/h8-13,20H,6-7,14-19,21-22H2,1-5H3. The van der Waals surface area contributed by atoms with Crippen LogP contribution in [0.4, 0.5) is 0 Å². The van der Waals surface area contributed by atoms with Gasteiger partial charge in [0.05, 0.1) is 0 Å². The number of thioether (sulfide) groups is 1. The number of aryl methyl sites for hydroxylation is 1. The Bertz CT molecular complexity index is 1470. The summed E-state index contributed by atoms with van der Waals surface area (Å²) in [5.41, 5.74) is 5.18. The van der Waals surface area contributed by atoms with E-state index in [1.54, 1.807) is 23.4 Å². The summed E-state index contributed by atoms with van der Waals surface area (Å²) < 4.78 is 12.5. The van der Waals surface area contributed by atoms with Crippen molar-refractivity contribution in [1.29, 1.82) is 0 Å². The Balaban J connectivity index is 1.07. The number of carbonyl (C=O) groups excluding carboxylic acids is 1. The molecule has 9 heteroatoms. The van der Waals surface area contributed by atoms with Gasteiger partial charge in [-0.2, -0.15) is 0 Å². The SMILES string of the molecule is Cc1nc(SCCCC(=O)N2CCN(Cc3ccc4c(c3)OCO4)CC2)n(C)c(=O)c1Cc1ccc(C(C)(C)C)cc1. The first-order valence-electron chi connectivity index (χ1n) is 14.8. The molecule has 0 unspecified atom stereocenters. The summed E-state index contributed by atoms with van der Waals surface area (Å²) in [4.78, 5) is 35.2. The van der Waals surface area contributed by atoms with Crippen molar-refractivity contribution in [3.63, 3.8) is 0 Å². The van der Waals surface area contributed by atoms with E-state index >= 15 is 0 Å². The summed E-state index contributed by atoms with van der Waals surface area (Å²) in [6, 6.07) is 14.6. The molecule has 42 heavy (non-hydrogen) atoms. The number of benzene rings is 2. The van der Waals surface area contributed by atoms with Gasteiger partial charge in [-0.25, -0.2) is 4.98 Å². The maximum absolute atomic E-state index is 13.2. The second-order valence-electron chi connectivity index (χ2n) is 12.2. The first-order chi connectivity index (χ1) is 20.1. The second-order valence-corrected chi connectivity index (χ2v) is 13.3. The lowest BCUT2D eigenvalue weighted by Crippen LogP contribution is -2.48. The summed E-state index contributed by atoms with van der Waals surface area (Å²) >= 11 is 1.55. The Kier molecular flexibility index (Phi) is 9.28. The van der Waals surface area contributed by atoms with Crippen molar-refractivity contribution in [2.24, 2.45) is 7.05 Å². The van der Waals surface area contributed by atoms with E-state index in [4.69, 9.17) is 14.5 Å². The van der Waals surface area contributed by atoms with Crippen LogP contribution >= 0.6 is 11.8 Å². The van der Waals surface area contributed by atoms with Crippen molar-refractivity contribution in [2.75, 3.05) is 38.7 Å². The number of hydrogen-bond donors (Lipinski definition) is 0. The zero-order chi connectivity index (χ0) is 29.9. The van der Waals surface area contributed by atoms with Crippen LogP contribution in [0.5, 0.6) is 11.5 Å². The topological polar surface area (TPSA) is 76.9 Å². The molecule has 224 valence electrons. The molecule has 8 nitrogen and oxygen atoms in total. The smallest absolute Gasteiger partial charge is 0.257 e. The summed E-state index contributed by atoms with van der Waals surface area (Å²) in [5, 5.41) is 0.703. The molecule has 0 saturated carbocycles. The number of nitrogens with zero attached hydrogens (tertiary/aromatic N) is 4. The second kappa shape index (κ2) is 12.9. The van der Waals surface area contributed by atoms with Crippen LogP contribution in [0.2, 0.25) is 0 Å². The van der Waals surface area contributed by atoms with E-state index in [1.807, 2.05) is 24.0 Å².